The van der Waals surface area contributed by atoms with E-state index >= 15 is 0 Å². The number of pyridine rings is 1. The van der Waals surface area contributed by atoms with Gasteiger partial charge >= 0.3 is 0 Å². The van der Waals surface area contributed by atoms with E-state index in [2.05, 4.69) is 53.6 Å². The minimum absolute atomic E-state index is 0.891. The topological polar surface area (TPSA) is 12.9 Å². The number of halogens is 1. The first kappa shape index (κ1) is 13.4. The molecular weight excluding hydrogens is 309 g/mol. The van der Waals surface area contributed by atoms with Crippen molar-refractivity contribution in [3.8, 4) is 0 Å². The number of para-hydroxylation sites is 1. The van der Waals surface area contributed by atoms with Crippen LogP contribution in [0.5, 0.6) is 0 Å². The summed E-state index contributed by atoms with van der Waals surface area (Å²) in [7, 11) is 0. The maximum Gasteiger partial charge on any atom is 0.0701 e. The predicted octanol–water partition coefficient (Wildman–Crippen LogP) is 4.70. The lowest BCUT2D eigenvalue weighted by Crippen LogP contribution is -1.84. The lowest BCUT2D eigenvalue weighted by atomic mass is 10.2. The minimum Gasteiger partial charge on any atom is -0.256 e. The van der Waals surface area contributed by atoms with E-state index < -0.39 is 0 Å². The molecular formula is C14H18IN. The summed E-state index contributed by atoms with van der Waals surface area (Å²) >= 11 is 2.40. The van der Waals surface area contributed by atoms with E-state index in [1.54, 1.807) is 0 Å². The van der Waals surface area contributed by atoms with Crippen LogP contribution in [0.1, 0.15) is 20.3 Å². The zero-order valence-electron chi connectivity index (χ0n) is 9.86. The molecule has 0 bridgehead atoms. The van der Waals surface area contributed by atoms with Crippen LogP contribution in [0.4, 0.5) is 0 Å². The fourth-order valence-electron chi connectivity index (χ4n) is 1.23. The Morgan fingerprint density at radius 3 is 2.38 bits per heavy atom. The molecule has 0 unspecified atom stereocenters. The third kappa shape index (κ3) is 4.92. The third-order valence-electron chi connectivity index (χ3n) is 2.20. The van der Waals surface area contributed by atoms with Crippen LogP contribution in [0.25, 0.3) is 10.9 Å². The van der Waals surface area contributed by atoms with Gasteiger partial charge in [0.1, 0.15) is 0 Å². The van der Waals surface area contributed by atoms with E-state index in [9.17, 15) is 0 Å². The number of hydrogen-bond donors (Lipinski definition) is 0. The number of aromatic nitrogens is 1. The molecule has 0 atom stereocenters. The SMILES string of the molecule is CC(C)CCI.c1ccc2ncccc2c1. The maximum absolute atomic E-state index is 4.18. The number of hydrogen-bond acceptors (Lipinski definition) is 1. The van der Waals surface area contributed by atoms with Gasteiger partial charge in [0.25, 0.3) is 0 Å². The molecule has 0 spiro atoms. The molecule has 0 aliphatic heterocycles. The molecule has 0 aliphatic rings. The molecule has 0 radical (unpaired) electrons. The molecule has 0 aliphatic carbocycles. The van der Waals surface area contributed by atoms with E-state index in [-0.39, 0.29) is 0 Å². The number of fused-ring (bicyclic) bond motifs is 1. The van der Waals surface area contributed by atoms with Gasteiger partial charge in [0.15, 0.2) is 0 Å². The maximum atomic E-state index is 4.18. The van der Waals surface area contributed by atoms with Crippen molar-refractivity contribution in [2.24, 2.45) is 5.92 Å². The number of nitrogens with zero attached hydrogens (tertiary/aromatic N) is 1. The second-order valence-electron chi connectivity index (χ2n) is 4.07. The van der Waals surface area contributed by atoms with E-state index in [1.807, 2.05) is 30.5 Å². The van der Waals surface area contributed by atoms with Crippen molar-refractivity contribution in [3.05, 3.63) is 42.6 Å². The molecule has 1 aromatic carbocycles. The summed E-state index contributed by atoms with van der Waals surface area (Å²) in [5.41, 5.74) is 1.06. The van der Waals surface area contributed by atoms with Crippen molar-refractivity contribution in [2.75, 3.05) is 4.43 Å². The zero-order chi connectivity index (χ0) is 11.8. The summed E-state index contributed by atoms with van der Waals surface area (Å²) in [6.45, 7) is 4.50. The van der Waals surface area contributed by atoms with Crippen molar-refractivity contribution >= 4 is 33.5 Å². The Kier molecular flexibility index (Phi) is 6.38. The van der Waals surface area contributed by atoms with Crippen molar-refractivity contribution in [2.45, 2.75) is 20.3 Å². The molecule has 1 nitrogen and oxygen atoms in total. The van der Waals surface area contributed by atoms with Crippen molar-refractivity contribution in [1.29, 1.82) is 0 Å². The van der Waals surface area contributed by atoms with Crippen LogP contribution in [0.2, 0.25) is 0 Å². The summed E-state index contributed by atoms with van der Waals surface area (Å²) < 4.78 is 1.30. The normalized spacial score (nSPS) is 10.0. The lowest BCUT2D eigenvalue weighted by molar-refractivity contribution is 0.637. The first-order valence-corrected chi connectivity index (χ1v) is 7.12. The zero-order valence-corrected chi connectivity index (χ0v) is 12.0. The highest BCUT2D eigenvalue weighted by atomic mass is 127. The molecule has 86 valence electrons. The van der Waals surface area contributed by atoms with Gasteiger partial charge in [-0.25, -0.2) is 0 Å². The Labute approximate surface area is 111 Å². The summed E-state index contributed by atoms with van der Waals surface area (Å²) in [5, 5.41) is 1.20. The van der Waals surface area contributed by atoms with Crippen LogP contribution >= 0.6 is 22.6 Å². The second kappa shape index (κ2) is 7.60. The molecule has 2 rings (SSSR count). The summed E-state index contributed by atoms with van der Waals surface area (Å²) in [6, 6.07) is 12.1. The first-order chi connectivity index (χ1) is 7.74. The molecule has 1 heterocycles. The van der Waals surface area contributed by atoms with Gasteiger partial charge in [-0.15, -0.1) is 0 Å². The van der Waals surface area contributed by atoms with Crippen molar-refractivity contribution in [3.63, 3.8) is 0 Å². The monoisotopic (exact) mass is 327 g/mol. The molecule has 2 aromatic rings. The largest absolute Gasteiger partial charge is 0.256 e. The molecule has 0 fully saturated rings. The number of rotatable bonds is 2. The summed E-state index contributed by atoms with van der Waals surface area (Å²) in [6.07, 6.45) is 3.17. The molecule has 0 amide bonds. The average Bonchev–Trinajstić information content (AvgIpc) is 2.30. The van der Waals surface area contributed by atoms with Gasteiger partial charge in [0.2, 0.25) is 0 Å². The van der Waals surface area contributed by atoms with Crippen LogP contribution in [-0.2, 0) is 0 Å². The first-order valence-electron chi connectivity index (χ1n) is 5.59. The molecule has 1 aromatic heterocycles. The third-order valence-corrected chi connectivity index (χ3v) is 2.82. The van der Waals surface area contributed by atoms with Gasteiger partial charge in [0.05, 0.1) is 5.52 Å². The van der Waals surface area contributed by atoms with Crippen LogP contribution < -0.4 is 0 Å². The number of alkyl halides is 1. The van der Waals surface area contributed by atoms with Gasteiger partial charge in [-0.05, 0) is 28.9 Å². The van der Waals surface area contributed by atoms with Gasteiger partial charge in [-0.2, -0.15) is 0 Å². The lowest BCUT2D eigenvalue weighted by Gasteiger charge is -1.94. The Morgan fingerprint density at radius 2 is 1.81 bits per heavy atom. The van der Waals surface area contributed by atoms with Crippen LogP contribution in [0.15, 0.2) is 42.6 Å². The predicted molar refractivity (Wildman–Crippen MR) is 80.1 cm³/mol. The molecule has 0 saturated heterocycles. The summed E-state index contributed by atoms with van der Waals surface area (Å²) in [5.74, 6) is 0.891. The smallest absolute Gasteiger partial charge is 0.0701 e. The molecule has 2 heteroatoms. The number of benzene rings is 1. The van der Waals surface area contributed by atoms with Crippen LogP contribution in [-0.4, -0.2) is 9.41 Å². The summed E-state index contributed by atoms with van der Waals surface area (Å²) in [4.78, 5) is 4.18. The quantitative estimate of drug-likeness (QED) is 0.575. The Hall–Kier alpha value is -0.640. The van der Waals surface area contributed by atoms with E-state index in [1.165, 1.54) is 16.2 Å². The highest BCUT2D eigenvalue weighted by molar-refractivity contribution is 14.1. The fourth-order valence-corrected chi connectivity index (χ4v) is 2.48. The van der Waals surface area contributed by atoms with Crippen molar-refractivity contribution in [1.82, 2.24) is 4.98 Å². The van der Waals surface area contributed by atoms with Gasteiger partial charge in [0, 0.05) is 11.6 Å². The second-order valence-corrected chi connectivity index (χ2v) is 5.15. The van der Waals surface area contributed by atoms with Gasteiger partial charge < -0.3 is 0 Å². The Balaban J connectivity index is 0.000000187. The molecule has 0 saturated carbocycles. The highest BCUT2D eigenvalue weighted by Crippen LogP contribution is 2.07. The van der Waals surface area contributed by atoms with E-state index in [4.69, 9.17) is 0 Å². The molecule has 0 N–H and O–H groups in total. The van der Waals surface area contributed by atoms with E-state index in [0.29, 0.717) is 0 Å². The Bertz CT molecular complexity index is 347. The van der Waals surface area contributed by atoms with Crippen molar-refractivity contribution < 1.29 is 0 Å². The highest BCUT2D eigenvalue weighted by Gasteiger charge is 1.87. The fraction of sp³-hybridized carbons (Fsp3) is 0.357. The Morgan fingerprint density at radius 1 is 1.12 bits per heavy atom. The van der Waals surface area contributed by atoms with Gasteiger partial charge in [-0.3, -0.25) is 4.98 Å². The van der Waals surface area contributed by atoms with E-state index in [0.717, 1.165) is 11.4 Å². The van der Waals surface area contributed by atoms with Crippen LogP contribution in [0.3, 0.4) is 0 Å². The van der Waals surface area contributed by atoms with Gasteiger partial charge in [-0.1, -0.05) is 60.7 Å². The minimum atomic E-state index is 0.891. The van der Waals surface area contributed by atoms with Crippen LogP contribution in [0, 0.1) is 5.92 Å². The average molecular weight is 327 g/mol. The molecule has 16 heavy (non-hydrogen) atoms. The standard InChI is InChI=1S/C9H7N.C5H11I/c1-2-6-9-8(4-1)5-3-7-10-9;1-5(2)3-4-6/h1-7H;5H,3-4H2,1-2H3.